The summed E-state index contributed by atoms with van der Waals surface area (Å²) in [7, 11) is 2.11. The van der Waals surface area contributed by atoms with Crippen LogP contribution in [0.4, 0.5) is 5.82 Å². The zero-order chi connectivity index (χ0) is 16.2. The Morgan fingerprint density at radius 1 is 1.30 bits per heavy atom. The maximum absolute atomic E-state index is 12.3. The number of nitrogens with zero attached hydrogens (tertiary/aromatic N) is 4. The predicted octanol–water partition coefficient (Wildman–Crippen LogP) is 1.06. The van der Waals surface area contributed by atoms with Crippen LogP contribution in [0.25, 0.3) is 0 Å². The number of aromatic nitrogens is 2. The number of hydrogen-bond acceptors (Lipinski definition) is 6. The maximum atomic E-state index is 12.3. The molecule has 7 nitrogen and oxygen atoms in total. The standard InChI is InChI=1S/C16H21N5O2/c1-12-14(23-11-18-12)10-17-16(22)13-4-3-5-15(19-13)21-8-6-20(2)7-9-21/h3-5,11H,6-10H2,1-2H3,(H,17,22). The molecule has 1 saturated heterocycles. The molecule has 0 radical (unpaired) electrons. The van der Waals surface area contributed by atoms with Crippen molar-refractivity contribution in [1.82, 2.24) is 20.2 Å². The predicted molar refractivity (Wildman–Crippen MR) is 86.4 cm³/mol. The minimum absolute atomic E-state index is 0.211. The number of piperazine rings is 1. The van der Waals surface area contributed by atoms with Crippen molar-refractivity contribution in [2.75, 3.05) is 38.1 Å². The lowest BCUT2D eigenvalue weighted by Crippen LogP contribution is -2.45. The Morgan fingerprint density at radius 3 is 2.78 bits per heavy atom. The minimum atomic E-state index is -0.211. The number of hydrogen-bond donors (Lipinski definition) is 1. The molecule has 0 saturated carbocycles. The van der Waals surface area contributed by atoms with E-state index < -0.39 is 0 Å². The number of pyridine rings is 1. The van der Waals surface area contributed by atoms with Crippen LogP contribution in [-0.4, -0.2) is 54.0 Å². The molecule has 1 N–H and O–H groups in total. The Bertz CT molecular complexity index is 677. The van der Waals surface area contributed by atoms with Crippen LogP contribution in [0.15, 0.2) is 29.0 Å². The van der Waals surface area contributed by atoms with Crippen LogP contribution >= 0.6 is 0 Å². The Kier molecular flexibility index (Phi) is 4.57. The number of oxazole rings is 1. The average molecular weight is 315 g/mol. The van der Waals surface area contributed by atoms with E-state index >= 15 is 0 Å². The summed E-state index contributed by atoms with van der Waals surface area (Å²) in [6.07, 6.45) is 1.38. The summed E-state index contributed by atoms with van der Waals surface area (Å²) in [5, 5.41) is 2.82. The summed E-state index contributed by atoms with van der Waals surface area (Å²) < 4.78 is 5.22. The van der Waals surface area contributed by atoms with Gasteiger partial charge in [-0.25, -0.2) is 9.97 Å². The van der Waals surface area contributed by atoms with Crippen molar-refractivity contribution in [3.05, 3.63) is 41.7 Å². The fraction of sp³-hybridized carbons (Fsp3) is 0.438. The van der Waals surface area contributed by atoms with E-state index in [4.69, 9.17) is 4.42 Å². The van der Waals surface area contributed by atoms with Crippen LogP contribution in [0, 0.1) is 6.92 Å². The van der Waals surface area contributed by atoms with Gasteiger partial charge in [0.25, 0.3) is 5.91 Å². The molecule has 122 valence electrons. The SMILES string of the molecule is Cc1ncoc1CNC(=O)c1cccc(N2CCN(C)CC2)n1. The van der Waals surface area contributed by atoms with Gasteiger partial charge in [-0.1, -0.05) is 6.07 Å². The highest BCUT2D eigenvalue weighted by molar-refractivity contribution is 5.92. The van der Waals surface area contributed by atoms with Gasteiger partial charge in [-0.2, -0.15) is 0 Å². The maximum Gasteiger partial charge on any atom is 0.270 e. The van der Waals surface area contributed by atoms with Gasteiger partial charge >= 0.3 is 0 Å². The molecule has 0 bridgehead atoms. The first kappa shape index (κ1) is 15.5. The highest BCUT2D eigenvalue weighted by atomic mass is 16.3. The van der Waals surface area contributed by atoms with Crippen molar-refractivity contribution < 1.29 is 9.21 Å². The third-order valence-electron chi connectivity index (χ3n) is 4.05. The van der Waals surface area contributed by atoms with E-state index in [0.717, 1.165) is 37.7 Å². The largest absolute Gasteiger partial charge is 0.446 e. The van der Waals surface area contributed by atoms with E-state index in [1.54, 1.807) is 6.07 Å². The van der Waals surface area contributed by atoms with Crippen LogP contribution in [0.2, 0.25) is 0 Å². The van der Waals surface area contributed by atoms with Crippen LogP contribution in [0.5, 0.6) is 0 Å². The lowest BCUT2D eigenvalue weighted by molar-refractivity contribution is 0.0943. The Labute approximate surface area is 135 Å². The average Bonchev–Trinajstić information content (AvgIpc) is 2.98. The summed E-state index contributed by atoms with van der Waals surface area (Å²) in [5.74, 6) is 1.30. The topological polar surface area (TPSA) is 74.5 Å². The number of likely N-dealkylation sites (N-methyl/N-ethyl adjacent to an activating group) is 1. The number of carbonyl (C=O) groups is 1. The van der Waals surface area contributed by atoms with E-state index in [1.807, 2.05) is 19.1 Å². The molecule has 0 spiro atoms. The molecule has 1 amide bonds. The van der Waals surface area contributed by atoms with Crippen LogP contribution in [0.3, 0.4) is 0 Å². The first-order valence-corrected chi connectivity index (χ1v) is 7.71. The highest BCUT2D eigenvalue weighted by Gasteiger charge is 2.17. The molecule has 1 fully saturated rings. The number of carbonyl (C=O) groups excluding carboxylic acids is 1. The molecule has 2 aromatic heterocycles. The first-order valence-electron chi connectivity index (χ1n) is 7.71. The van der Waals surface area contributed by atoms with Crippen molar-refractivity contribution in [3.63, 3.8) is 0 Å². The van der Waals surface area contributed by atoms with Crippen LogP contribution in [0.1, 0.15) is 21.9 Å². The smallest absolute Gasteiger partial charge is 0.270 e. The molecule has 23 heavy (non-hydrogen) atoms. The summed E-state index contributed by atoms with van der Waals surface area (Å²) in [6.45, 7) is 6.01. The molecule has 0 unspecified atom stereocenters. The van der Waals surface area contributed by atoms with E-state index in [2.05, 4.69) is 32.1 Å². The van der Waals surface area contributed by atoms with Gasteiger partial charge < -0.3 is 19.5 Å². The summed E-state index contributed by atoms with van der Waals surface area (Å²) >= 11 is 0. The Balaban J connectivity index is 1.64. The molecule has 1 aliphatic heterocycles. The highest BCUT2D eigenvalue weighted by Crippen LogP contribution is 2.14. The fourth-order valence-electron chi connectivity index (χ4n) is 2.51. The van der Waals surface area contributed by atoms with Gasteiger partial charge in [0.2, 0.25) is 0 Å². The van der Waals surface area contributed by atoms with Gasteiger partial charge in [0.15, 0.2) is 6.39 Å². The lowest BCUT2D eigenvalue weighted by Gasteiger charge is -2.33. The summed E-state index contributed by atoms with van der Waals surface area (Å²) in [5.41, 5.74) is 1.20. The number of nitrogens with one attached hydrogen (secondary N) is 1. The van der Waals surface area contributed by atoms with Gasteiger partial charge in [0.1, 0.15) is 17.3 Å². The second-order valence-electron chi connectivity index (χ2n) is 5.71. The Hall–Kier alpha value is -2.41. The molecule has 1 aliphatic rings. The minimum Gasteiger partial charge on any atom is -0.446 e. The number of rotatable bonds is 4. The van der Waals surface area contributed by atoms with Gasteiger partial charge in [0, 0.05) is 26.2 Å². The first-order chi connectivity index (χ1) is 11.1. The van der Waals surface area contributed by atoms with Crippen molar-refractivity contribution in [1.29, 1.82) is 0 Å². The monoisotopic (exact) mass is 315 g/mol. The molecule has 2 aromatic rings. The van der Waals surface area contributed by atoms with Gasteiger partial charge in [-0.3, -0.25) is 4.79 Å². The van der Waals surface area contributed by atoms with Crippen molar-refractivity contribution in [2.24, 2.45) is 0 Å². The number of aryl methyl sites for hydroxylation is 1. The molecular formula is C16H21N5O2. The Morgan fingerprint density at radius 2 is 2.09 bits per heavy atom. The number of amides is 1. The molecule has 0 aliphatic carbocycles. The molecule has 3 rings (SSSR count). The van der Waals surface area contributed by atoms with Crippen molar-refractivity contribution in [2.45, 2.75) is 13.5 Å². The normalized spacial score (nSPS) is 15.7. The third kappa shape index (κ3) is 3.68. The van der Waals surface area contributed by atoms with Crippen molar-refractivity contribution >= 4 is 11.7 Å². The summed E-state index contributed by atoms with van der Waals surface area (Å²) in [4.78, 5) is 25.3. The molecule has 0 atom stereocenters. The molecule has 3 heterocycles. The molecule has 0 aromatic carbocycles. The fourth-order valence-corrected chi connectivity index (χ4v) is 2.51. The number of anilines is 1. The molecular weight excluding hydrogens is 294 g/mol. The molecule has 7 heteroatoms. The van der Waals surface area contributed by atoms with E-state index in [-0.39, 0.29) is 5.91 Å². The van der Waals surface area contributed by atoms with Crippen molar-refractivity contribution in [3.8, 4) is 0 Å². The van der Waals surface area contributed by atoms with Crippen LogP contribution in [-0.2, 0) is 6.54 Å². The zero-order valence-electron chi connectivity index (χ0n) is 13.5. The van der Waals surface area contributed by atoms with Crippen LogP contribution < -0.4 is 10.2 Å². The second kappa shape index (κ2) is 6.78. The quantitative estimate of drug-likeness (QED) is 0.909. The van der Waals surface area contributed by atoms with E-state index in [9.17, 15) is 4.79 Å². The third-order valence-corrected chi connectivity index (χ3v) is 4.05. The lowest BCUT2D eigenvalue weighted by atomic mass is 10.3. The van der Waals surface area contributed by atoms with E-state index in [1.165, 1.54) is 6.39 Å². The summed E-state index contributed by atoms with van der Waals surface area (Å²) in [6, 6.07) is 5.54. The van der Waals surface area contributed by atoms with E-state index in [0.29, 0.717) is 18.0 Å². The zero-order valence-corrected chi connectivity index (χ0v) is 13.5. The van der Waals surface area contributed by atoms with Gasteiger partial charge in [0.05, 0.1) is 12.2 Å². The second-order valence-corrected chi connectivity index (χ2v) is 5.71. The van der Waals surface area contributed by atoms with Gasteiger partial charge in [-0.15, -0.1) is 0 Å². The van der Waals surface area contributed by atoms with Gasteiger partial charge in [-0.05, 0) is 26.1 Å².